The van der Waals surface area contributed by atoms with Crippen molar-refractivity contribution in [3.63, 3.8) is 0 Å². The molecule has 16 atom stereocenters. The molecule has 2 aliphatic heterocycles. The van der Waals surface area contributed by atoms with E-state index in [1.165, 1.54) is 0 Å². The van der Waals surface area contributed by atoms with E-state index in [9.17, 15) is 30.6 Å². The van der Waals surface area contributed by atoms with Crippen LogP contribution >= 0.6 is 0 Å². The van der Waals surface area contributed by atoms with Gasteiger partial charge in [0.15, 0.2) is 6.29 Å². The van der Waals surface area contributed by atoms with Gasteiger partial charge >= 0.3 is 0 Å². The number of hydrogen-bond donors (Lipinski definition) is 6. The van der Waals surface area contributed by atoms with Crippen molar-refractivity contribution in [3.8, 4) is 0 Å². The number of fused-ring (bicyclic) bond motifs is 2. The zero-order chi connectivity index (χ0) is 32.0. The molecule has 0 unspecified atom stereocenters. The quantitative estimate of drug-likeness (QED) is 0.260. The van der Waals surface area contributed by atoms with Crippen molar-refractivity contribution in [1.82, 2.24) is 0 Å². The second-order valence-corrected chi connectivity index (χ2v) is 18.3. The van der Waals surface area contributed by atoms with E-state index in [0.29, 0.717) is 18.8 Å². The molecule has 0 amide bonds. The molecule has 5 aliphatic carbocycles. The van der Waals surface area contributed by atoms with Crippen molar-refractivity contribution in [3.05, 3.63) is 0 Å². The second kappa shape index (κ2) is 9.63. The Bertz CT molecular complexity index is 1160. The minimum absolute atomic E-state index is 0.00753. The summed E-state index contributed by atoms with van der Waals surface area (Å²) in [6.07, 6.45) is 1.57. The Morgan fingerprint density at radius 2 is 1.45 bits per heavy atom. The molecule has 2 saturated heterocycles. The first kappa shape index (κ1) is 32.2. The third-order valence-electron chi connectivity index (χ3n) is 15.5. The highest BCUT2D eigenvalue weighted by Crippen LogP contribution is 2.89. The average Bonchev–Trinajstić information content (AvgIpc) is 3.27. The molecule has 0 aromatic heterocycles. The molecule has 7 aliphatic rings. The lowest BCUT2D eigenvalue weighted by molar-refractivity contribution is -0.306. The van der Waals surface area contributed by atoms with E-state index in [4.69, 9.17) is 14.2 Å². The maximum atomic E-state index is 12.1. The van der Waals surface area contributed by atoms with Gasteiger partial charge in [0.1, 0.15) is 18.3 Å². The molecule has 0 aromatic rings. The molecule has 0 bridgehead atoms. The fourth-order valence-electron chi connectivity index (χ4n) is 13.4. The monoisotopic (exact) mass is 622 g/mol. The Hall–Kier alpha value is -0.360. The van der Waals surface area contributed by atoms with Gasteiger partial charge in [-0.15, -0.1) is 0 Å². The Balaban J connectivity index is 1.15. The van der Waals surface area contributed by atoms with Crippen LogP contribution in [-0.2, 0) is 14.2 Å². The van der Waals surface area contributed by atoms with E-state index >= 15 is 0 Å². The number of rotatable bonds is 4. The maximum absolute atomic E-state index is 12.1. The zero-order valence-corrected chi connectivity index (χ0v) is 27.8. The number of ether oxygens (including phenoxy) is 3. The summed E-state index contributed by atoms with van der Waals surface area (Å²) in [5, 5.41) is 65.5. The third kappa shape index (κ3) is 3.97. The van der Waals surface area contributed by atoms with Crippen LogP contribution in [0.25, 0.3) is 0 Å². The molecule has 9 nitrogen and oxygen atoms in total. The SMILES string of the molecule is CC(C)(O)[C@@H]1CC[C@](C)([C@@H]2[C@@H](O)C[C@@]3(C)[C@H]4C[C@@H](O)[C@H]5C(C)(C)[C@H](O[C@@H]6OC[C@H](O)[C@H](O)[C@@H]6O)CC[C@@]56C[C@@]46CC[C@]23C)O1. The van der Waals surface area contributed by atoms with Gasteiger partial charge in [-0.25, -0.2) is 0 Å². The van der Waals surface area contributed by atoms with Crippen LogP contribution in [0.15, 0.2) is 0 Å². The molecule has 9 heteroatoms. The van der Waals surface area contributed by atoms with Gasteiger partial charge in [-0.1, -0.05) is 27.7 Å². The molecule has 0 aromatic carbocycles. The van der Waals surface area contributed by atoms with Crippen molar-refractivity contribution in [2.75, 3.05) is 6.61 Å². The van der Waals surface area contributed by atoms with Gasteiger partial charge in [0, 0.05) is 5.92 Å². The Kier molecular flexibility index (Phi) is 7.04. The fraction of sp³-hybridized carbons (Fsp3) is 1.00. The molecule has 7 rings (SSSR count). The van der Waals surface area contributed by atoms with E-state index < -0.39 is 53.4 Å². The summed E-state index contributed by atoms with van der Waals surface area (Å²) in [5.41, 5.74) is -2.01. The van der Waals surface area contributed by atoms with Crippen LogP contribution < -0.4 is 0 Å². The summed E-state index contributed by atoms with van der Waals surface area (Å²) in [6, 6.07) is 0. The molecule has 6 N–H and O–H groups in total. The van der Waals surface area contributed by atoms with Crippen LogP contribution in [0.5, 0.6) is 0 Å². The molecule has 2 heterocycles. The average molecular weight is 623 g/mol. The standard InChI is InChI=1S/C35H58O9/c1-29(2)22(43-28-25(40)24(39)20(38)16-42-28)9-11-35-17-34(35)13-12-31(5)27(33(7)10-8-23(44-33)30(3,4)41)19(37)15-32(31,6)21(34)14-18(36)26(29)35/h18-28,36-41H,8-17H2,1-7H3/t18-,19+,20+,21-,22-,23+,24+,25+,26+,27-,28+,31-,32+,33-,34+,35-/m1/s1. The molecule has 7 fully saturated rings. The van der Waals surface area contributed by atoms with Gasteiger partial charge in [-0.2, -0.15) is 0 Å². The summed E-state index contributed by atoms with van der Waals surface area (Å²) in [4.78, 5) is 0. The zero-order valence-electron chi connectivity index (χ0n) is 27.8. The summed E-state index contributed by atoms with van der Waals surface area (Å²) in [7, 11) is 0. The lowest BCUT2D eigenvalue weighted by Crippen LogP contribution is -2.63. The van der Waals surface area contributed by atoms with Gasteiger partial charge in [-0.05, 0) is 117 Å². The van der Waals surface area contributed by atoms with Crippen molar-refractivity contribution in [2.45, 2.75) is 166 Å². The predicted octanol–water partition coefficient (Wildman–Crippen LogP) is 2.90. The van der Waals surface area contributed by atoms with Crippen LogP contribution in [0.2, 0.25) is 0 Å². The van der Waals surface area contributed by atoms with Crippen LogP contribution in [0.3, 0.4) is 0 Å². The largest absolute Gasteiger partial charge is 0.393 e. The lowest BCUT2D eigenvalue weighted by Gasteiger charge is -2.64. The van der Waals surface area contributed by atoms with Gasteiger partial charge in [0.05, 0.1) is 42.2 Å². The minimum atomic E-state index is -1.33. The van der Waals surface area contributed by atoms with Crippen molar-refractivity contribution < 1.29 is 44.8 Å². The Morgan fingerprint density at radius 1 is 0.750 bits per heavy atom. The first-order valence-corrected chi connectivity index (χ1v) is 17.4. The highest BCUT2D eigenvalue weighted by atomic mass is 16.7. The second-order valence-electron chi connectivity index (χ2n) is 18.3. The van der Waals surface area contributed by atoms with Crippen LogP contribution in [0.1, 0.15) is 106 Å². The van der Waals surface area contributed by atoms with Crippen molar-refractivity contribution in [1.29, 1.82) is 0 Å². The van der Waals surface area contributed by atoms with Gasteiger partial charge < -0.3 is 44.8 Å². The summed E-state index contributed by atoms with van der Waals surface area (Å²) < 4.78 is 18.7. The van der Waals surface area contributed by atoms with Gasteiger partial charge in [-0.3, -0.25) is 0 Å². The van der Waals surface area contributed by atoms with Gasteiger partial charge in [0.2, 0.25) is 0 Å². The molecule has 2 spiro atoms. The Morgan fingerprint density at radius 3 is 2.11 bits per heavy atom. The van der Waals surface area contributed by atoms with E-state index in [2.05, 4.69) is 34.6 Å². The fourth-order valence-corrected chi connectivity index (χ4v) is 13.4. The normalized spacial score (nSPS) is 59.8. The highest BCUT2D eigenvalue weighted by molar-refractivity contribution is 5.33. The molecule has 0 radical (unpaired) electrons. The van der Waals surface area contributed by atoms with E-state index in [0.717, 1.165) is 44.9 Å². The molecule has 44 heavy (non-hydrogen) atoms. The molecule has 252 valence electrons. The summed E-state index contributed by atoms with van der Waals surface area (Å²) in [5.74, 6) is 0.285. The predicted molar refractivity (Wildman–Crippen MR) is 161 cm³/mol. The first-order valence-electron chi connectivity index (χ1n) is 17.4. The van der Waals surface area contributed by atoms with E-state index in [1.54, 1.807) is 0 Å². The number of hydrogen-bond acceptors (Lipinski definition) is 9. The number of aliphatic hydroxyl groups excluding tert-OH is 5. The van der Waals surface area contributed by atoms with Gasteiger partial charge in [0.25, 0.3) is 0 Å². The summed E-state index contributed by atoms with van der Waals surface area (Å²) >= 11 is 0. The lowest BCUT2D eigenvalue weighted by atomic mass is 9.41. The van der Waals surface area contributed by atoms with E-state index in [-0.39, 0.29) is 52.3 Å². The summed E-state index contributed by atoms with van der Waals surface area (Å²) in [6.45, 7) is 14.8. The highest BCUT2D eigenvalue weighted by Gasteiger charge is 2.85. The molecular weight excluding hydrogens is 564 g/mol. The van der Waals surface area contributed by atoms with Crippen LogP contribution in [0.4, 0.5) is 0 Å². The molecule has 5 saturated carbocycles. The van der Waals surface area contributed by atoms with Crippen LogP contribution in [0, 0.1) is 44.8 Å². The smallest absolute Gasteiger partial charge is 0.186 e. The topological polar surface area (TPSA) is 149 Å². The Labute approximate surface area is 262 Å². The van der Waals surface area contributed by atoms with Crippen molar-refractivity contribution in [2.24, 2.45) is 44.8 Å². The minimum Gasteiger partial charge on any atom is -0.393 e. The third-order valence-corrected chi connectivity index (χ3v) is 15.5. The van der Waals surface area contributed by atoms with E-state index in [1.807, 2.05) is 13.8 Å². The maximum Gasteiger partial charge on any atom is 0.186 e. The first-order chi connectivity index (χ1) is 20.3. The van der Waals surface area contributed by atoms with Crippen molar-refractivity contribution >= 4 is 0 Å². The van der Waals surface area contributed by atoms with Crippen LogP contribution in [-0.4, -0.2) is 97.5 Å². The number of aliphatic hydroxyl groups is 6. The molecular formula is C35H58O9.